The van der Waals surface area contributed by atoms with Gasteiger partial charge in [0.25, 0.3) is 0 Å². The molecule has 0 radical (unpaired) electrons. The van der Waals surface area contributed by atoms with Gasteiger partial charge in [0.15, 0.2) is 0 Å². The Balaban J connectivity index is 4.16. The van der Waals surface area contributed by atoms with Gasteiger partial charge in [0.1, 0.15) is 5.78 Å². The lowest BCUT2D eigenvalue weighted by molar-refractivity contribution is -0.123. The zero-order chi connectivity index (χ0) is 15.4. The minimum Gasteiger partial charge on any atom is -0.298 e. The van der Waals surface area contributed by atoms with E-state index >= 15 is 0 Å². The highest BCUT2D eigenvalue weighted by Crippen LogP contribution is 2.11. The Labute approximate surface area is 126 Å². The lowest BCUT2D eigenvalue weighted by Crippen LogP contribution is -2.34. The van der Waals surface area contributed by atoms with Gasteiger partial charge in [-0.2, -0.15) is 0 Å². The molecule has 0 aliphatic carbocycles. The number of Topliss-reactive ketones (excluding diaryl/α,β-unsaturated/α-hetero) is 1. The number of rotatable bonds is 12. The molecule has 0 saturated carbocycles. The molecule has 0 aromatic rings. The summed E-state index contributed by atoms with van der Waals surface area (Å²) in [6, 6.07) is 0. The number of nitrogens with zero attached hydrogens (tertiary/aromatic N) is 1. The third-order valence-electron chi connectivity index (χ3n) is 3.74. The molecule has 0 aliphatic heterocycles. The van der Waals surface area contributed by atoms with Crippen molar-refractivity contribution >= 4 is 5.78 Å². The Morgan fingerprint density at radius 2 is 1.65 bits per heavy atom. The van der Waals surface area contributed by atoms with E-state index in [1.54, 1.807) is 0 Å². The number of unbranched alkanes of at least 4 members (excludes halogenated alkanes) is 2. The molecule has 0 rings (SSSR count). The van der Waals surface area contributed by atoms with Crippen LogP contribution in [0, 0.1) is 5.92 Å². The lowest BCUT2D eigenvalue weighted by atomic mass is 9.99. The average Bonchev–Trinajstić information content (AvgIpc) is 2.40. The van der Waals surface area contributed by atoms with E-state index in [2.05, 4.69) is 45.6 Å². The summed E-state index contributed by atoms with van der Waals surface area (Å²) in [4.78, 5) is 14.6. The number of carbonyl (C=O) groups excluding carboxylic acids is 1. The first-order chi connectivity index (χ1) is 9.51. The summed E-state index contributed by atoms with van der Waals surface area (Å²) in [6.07, 6.45) is 9.04. The standard InChI is InChI=1S/C18H35NO/c1-6-8-13-19(14-9-7-2)15-18(20)17(5)12-10-11-16(3)4/h11,17H,6-10,12-15H2,1-5H3. The molecule has 0 aromatic heterocycles. The van der Waals surface area contributed by atoms with Crippen molar-refractivity contribution in [2.24, 2.45) is 5.92 Å². The van der Waals surface area contributed by atoms with E-state index in [1.165, 1.54) is 31.3 Å². The van der Waals surface area contributed by atoms with Crippen LogP contribution in [0.2, 0.25) is 0 Å². The maximum atomic E-state index is 12.3. The molecular weight excluding hydrogens is 246 g/mol. The summed E-state index contributed by atoms with van der Waals surface area (Å²) in [5.74, 6) is 0.607. The second kappa shape index (κ2) is 12.1. The van der Waals surface area contributed by atoms with Gasteiger partial charge in [-0.3, -0.25) is 9.69 Å². The fourth-order valence-electron chi connectivity index (χ4n) is 2.19. The van der Waals surface area contributed by atoms with Crippen molar-refractivity contribution in [2.75, 3.05) is 19.6 Å². The Morgan fingerprint density at radius 1 is 1.10 bits per heavy atom. The molecule has 0 N–H and O–H groups in total. The minimum atomic E-state index is 0.191. The summed E-state index contributed by atoms with van der Waals surface area (Å²) in [5.41, 5.74) is 1.34. The SMILES string of the molecule is CCCCN(CCCC)CC(=O)C(C)CCC=C(C)C. The minimum absolute atomic E-state index is 0.191. The number of allylic oxidation sites excluding steroid dienone is 2. The third-order valence-corrected chi connectivity index (χ3v) is 3.74. The second-order valence-corrected chi connectivity index (χ2v) is 6.21. The predicted octanol–water partition coefficient (Wildman–Crippen LogP) is 4.84. The molecule has 118 valence electrons. The van der Waals surface area contributed by atoms with Crippen LogP contribution in [0.3, 0.4) is 0 Å². The van der Waals surface area contributed by atoms with Gasteiger partial charge in [0.05, 0.1) is 6.54 Å². The summed E-state index contributed by atoms with van der Waals surface area (Å²) in [7, 11) is 0. The van der Waals surface area contributed by atoms with E-state index in [1.807, 2.05) is 0 Å². The van der Waals surface area contributed by atoms with E-state index < -0.39 is 0 Å². The van der Waals surface area contributed by atoms with E-state index in [0.29, 0.717) is 12.3 Å². The topological polar surface area (TPSA) is 20.3 Å². The summed E-state index contributed by atoms with van der Waals surface area (Å²) < 4.78 is 0. The van der Waals surface area contributed by atoms with Crippen LogP contribution in [-0.2, 0) is 4.79 Å². The summed E-state index contributed by atoms with van der Waals surface area (Å²) in [5, 5.41) is 0. The van der Waals surface area contributed by atoms with Crippen molar-refractivity contribution in [3.05, 3.63) is 11.6 Å². The lowest BCUT2D eigenvalue weighted by Gasteiger charge is -2.22. The maximum Gasteiger partial charge on any atom is 0.149 e. The predicted molar refractivity (Wildman–Crippen MR) is 89.1 cm³/mol. The van der Waals surface area contributed by atoms with Crippen LogP contribution < -0.4 is 0 Å². The fourth-order valence-corrected chi connectivity index (χ4v) is 2.19. The highest BCUT2D eigenvalue weighted by atomic mass is 16.1. The van der Waals surface area contributed by atoms with Crippen LogP contribution in [0.15, 0.2) is 11.6 Å². The molecule has 2 nitrogen and oxygen atoms in total. The highest BCUT2D eigenvalue weighted by molar-refractivity contribution is 5.82. The second-order valence-electron chi connectivity index (χ2n) is 6.21. The van der Waals surface area contributed by atoms with Crippen molar-refractivity contribution in [3.8, 4) is 0 Å². The van der Waals surface area contributed by atoms with Gasteiger partial charge < -0.3 is 0 Å². The van der Waals surface area contributed by atoms with E-state index in [0.717, 1.165) is 25.9 Å². The molecule has 20 heavy (non-hydrogen) atoms. The van der Waals surface area contributed by atoms with Gasteiger partial charge in [0, 0.05) is 5.92 Å². The highest BCUT2D eigenvalue weighted by Gasteiger charge is 2.15. The maximum absolute atomic E-state index is 12.3. The average molecular weight is 281 g/mol. The molecule has 1 atom stereocenters. The Morgan fingerprint density at radius 3 is 2.10 bits per heavy atom. The van der Waals surface area contributed by atoms with Crippen LogP contribution >= 0.6 is 0 Å². The fraction of sp³-hybridized carbons (Fsp3) is 0.833. The van der Waals surface area contributed by atoms with E-state index in [4.69, 9.17) is 0 Å². The number of hydrogen-bond donors (Lipinski definition) is 0. The number of hydrogen-bond acceptors (Lipinski definition) is 2. The Hall–Kier alpha value is -0.630. The monoisotopic (exact) mass is 281 g/mol. The van der Waals surface area contributed by atoms with Gasteiger partial charge in [0.2, 0.25) is 0 Å². The third kappa shape index (κ3) is 10.2. The van der Waals surface area contributed by atoms with Crippen LogP contribution in [0.4, 0.5) is 0 Å². The molecule has 0 aliphatic rings. The van der Waals surface area contributed by atoms with Crippen molar-refractivity contribution in [1.82, 2.24) is 4.90 Å². The molecule has 0 aromatic carbocycles. The Bertz CT molecular complexity index is 271. The largest absolute Gasteiger partial charge is 0.298 e. The first-order valence-corrected chi connectivity index (χ1v) is 8.39. The van der Waals surface area contributed by atoms with Crippen LogP contribution in [0.1, 0.15) is 73.1 Å². The normalized spacial score (nSPS) is 12.5. The molecule has 0 fully saturated rings. The molecule has 2 heteroatoms. The van der Waals surface area contributed by atoms with Gasteiger partial charge in [-0.1, -0.05) is 45.3 Å². The summed E-state index contributed by atoms with van der Waals surface area (Å²) in [6.45, 7) is 13.5. The van der Waals surface area contributed by atoms with Gasteiger partial charge in [-0.25, -0.2) is 0 Å². The van der Waals surface area contributed by atoms with E-state index in [-0.39, 0.29) is 5.92 Å². The smallest absolute Gasteiger partial charge is 0.149 e. The molecule has 0 saturated heterocycles. The first kappa shape index (κ1) is 19.4. The van der Waals surface area contributed by atoms with Crippen LogP contribution in [-0.4, -0.2) is 30.3 Å². The van der Waals surface area contributed by atoms with Gasteiger partial charge in [-0.15, -0.1) is 0 Å². The molecule has 0 spiro atoms. The summed E-state index contributed by atoms with van der Waals surface area (Å²) >= 11 is 0. The number of carbonyl (C=O) groups is 1. The van der Waals surface area contributed by atoms with Gasteiger partial charge >= 0.3 is 0 Å². The zero-order valence-corrected chi connectivity index (χ0v) is 14.4. The van der Waals surface area contributed by atoms with Crippen molar-refractivity contribution in [2.45, 2.75) is 73.1 Å². The van der Waals surface area contributed by atoms with Crippen LogP contribution in [0.5, 0.6) is 0 Å². The van der Waals surface area contributed by atoms with Gasteiger partial charge in [-0.05, 0) is 52.6 Å². The van der Waals surface area contributed by atoms with E-state index in [9.17, 15) is 4.79 Å². The van der Waals surface area contributed by atoms with Crippen molar-refractivity contribution in [3.63, 3.8) is 0 Å². The molecule has 1 unspecified atom stereocenters. The first-order valence-electron chi connectivity index (χ1n) is 8.39. The molecule has 0 heterocycles. The zero-order valence-electron chi connectivity index (χ0n) is 14.4. The Kier molecular flexibility index (Phi) is 11.8. The van der Waals surface area contributed by atoms with Crippen LogP contribution in [0.25, 0.3) is 0 Å². The molecular formula is C18H35NO. The number of ketones is 1. The van der Waals surface area contributed by atoms with Crippen molar-refractivity contribution < 1.29 is 4.79 Å². The van der Waals surface area contributed by atoms with Crippen molar-refractivity contribution in [1.29, 1.82) is 0 Å². The quantitative estimate of drug-likeness (QED) is 0.477. The molecule has 0 amide bonds. The molecule has 0 bridgehead atoms.